The van der Waals surface area contributed by atoms with E-state index in [-0.39, 0.29) is 23.0 Å². The Balaban J connectivity index is 1.82. The third-order valence-corrected chi connectivity index (χ3v) is 6.94. The Kier molecular flexibility index (Phi) is 4.45. The molecule has 0 spiro atoms. The topological polar surface area (TPSA) is 130 Å². The highest BCUT2D eigenvalue weighted by atomic mass is 32.2. The second-order valence-corrected chi connectivity index (χ2v) is 9.29. The van der Waals surface area contributed by atoms with Crippen LogP contribution in [0, 0.1) is 0 Å². The van der Waals surface area contributed by atoms with Gasteiger partial charge in [0.2, 0.25) is 10.0 Å². The molecule has 1 aliphatic carbocycles. The normalized spacial score (nSPS) is 22.0. The molecule has 11 nitrogen and oxygen atoms in total. The molecule has 152 valence electrons. The molecule has 2 fully saturated rings. The number of sulfonamides is 1. The van der Waals surface area contributed by atoms with Crippen LogP contribution in [0.5, 0.6) is 0 Å². The Morgan fingerprint density at radius 2 is 1.96 bits per heavy atom. The smallest absolute Gasteiger partial charge is 0.296 e. The number of likely N-dealkylation sites (N-methyl/N-ethyl adjacent to an activating group) is 1. The molecule has 1 aromatic heterocycles. The van der Waals surface area contributed by atoms with Gasteiger partial charge in [-0.25, -0.2) is 28.4 Å². The fourth-order valence-electron chi connectivity index (χ4n) is 3.22. The first kappa shape index (κ1) is 19.2. The maximum atomic E-state index is 13.0. The molecule has 0 bridgehead atoms. The molecule has 28 heavy (non-hydrogen) atoms. The molecule has 0 radical (unpaired) electrons. The lowest BCUT2D eigenvalue weighted by Crippen LogP contribution is -2.47. The second-order valence-electron chi connectivity index (χ2n) is 7.61. The maximum Gasteiger partial charge on any atom is 0.331 e. The van der Waals surface area contributed by atoms with Gasteiger partial charge in [-0.05, 0) is 38.0 Å². The number of rotatable bonds is 5. The monoisotopic (exact) mass is 409 g/mol. The van der Waals surface area contributed by atoms with E-state index in [0.717, 1.165) is 17.4 Å². The molecule has 1 unspecified atom stereocenters. The van der Waals surface area contributed by atoms with E-state index < -0.39 is 26.8 Å². The van der Waals surface area contributed by atoms with E-state index in [1.54, 1.807) is 19.1 Å². The van der Waals surface area contributed by atoms with Crippen molar-refractivity contribution in [3.63, 3.8) is 0 Å². The number of aryl methyl sites for hydroxylation is 1. The van der Waals surface area contributed by atoms with Crippen LogP contribution in [0.25, 0.3) is 10.9 Å². The Morgan fingerprint density at radius 3 is 2.57 bits per heavy atom. The van der Waals surface area contributed by atoms with Crippen molar-refractivity contribution in [3.05, 3.63) is 39.0 Å². The summed E-state index contributed by atoms with van der Waals surface area (Å²) in [4.78, 5) is 25.7. The van der Waals surface area contributed by atoms with E-state index in [4.69, 9.17) is 0 Å². The lowest BCUT2D eigenvalue weighted by atomic mass is 10.2. The van der Waals surface area contributed by atoms with Crippen molar-refractivity contribution in [1.82, 2.24) is 35.4 Å². The van der Waals surface area contributed by atoms with E-state index in [0.29, 0.717) is 5.52 Å². The number of hydrazine groups is 3. The summed E-state index contributed by atoms with van der Waals surface area (Å²) in [6.45, 7) is 1.92. The molecule has 4 N–H and O–H groups in total. The first-order valence-corrected chi connectivity index (χ1v) is 10.4. The van der Waals surface area contributed by atoms with Crippen molar-refractivity contribution in [3.8, 4) is 0 Å². The summed E-state index contributed by atoms with van der Waals surface area (Å²) >= 11 is 0. The van der Waals surface area contributed by atoms with Crippen molar-refractivity contribution in [2.75, 3.05) is 7.05 Å². The summed E-state index contributed by atoms with van der Waals surface area (Å²) in [6, 6.07) is 4.25. The Hall–Kier alpha value is -2.09. The third-order valence-electron chi connectivity index (χ3n) is 5.31. The van der Waals surface area contributed by atoms with Crippen molar-refractivity contribution in [2.24, 2.45) is 7.05 Å². The molecule has 4 rings (SSSR count). The van der Waals surface area contributed by atoms with Crippen LogP contribution in [0.15, 0.2) is 32.7 Å². The zero-order valence-corrected chi connectivity index (χ0v) is 16.6. The summed E-state index contributed by atoms with van der Waals surface area (Å²) in [6.07, 6.45) is 1.22. The molecule has 1 atom stereocenters. The van der Waals surface area contributed by atoms with Gasteiger partial charge in [-0.2, -0.15) is 11.1 Å². The minimum Gasteiger partial charge on any atom is -0.296 e. The molecule has 2 heterocycles. The first-order valence-electron chi connectivity index (χ1n) is 8.88. The number of aromatic nitrogens is 2. The third kappa shape index (κ3) is 3.27. The van der Waals surface area contributed by atoms with E-state index >= 15 is 0 Å². The molecule has 1 saturated heterocycles. The largest absolute Gasteiger partial charge is 0.331 e. The van der Waals surface area contributed by atoms with Crippen molar-refractivity contribution in [2.45, 2.75) is 42.9 Å². The molecule has 2 aromatic rings. The predicted molar refractivity (Wildman–Crippen MR) is 102 cm³/mol. The number of benzene rings is 1. The van der Waals surface area contributed by atoms with Gasteiger partial charge in [0.05, 0.1) is 22.3 Å². The highest BCUT2D eigenvalue weighted by molar-refractivity contribution is 7.89. The maximum absolute atomic E-state index is 13.0. The van der Waals surface area contributed by atoms with Crippen LogP contribution in [-0.2, 0) is 23.6 Å². The zero-order valence-electron chi connectivity index (χ0n) is 15.8. The van der Waals surface area contributed by atoms with Crippen LogP contribution < -0.4 is 32.5 Å². The number of fused-ring (bicyclic) bond motifs is 1. The van der Waals surface area contributed by atoms with Gasteiger partial charge in [-0.15, -0.1) is 0 Å². The fourth-order valence-corrected chi connectivity index (χ4v) is 4.71. The van der Waals surface area contributed by atoms with Crippen LogP contribution in [0.2, 0.25) is 0 Å². The van der Waals surface area contributed by atoms with Crippen LogP contribution in [0.3, 0.4) is 0 Å². The lowest BCUT2D eigenvalue weighted by molar-refractivity contribution is 0.200. The molecule has 1 aliphatic heterocycles. The van der Waals surface area contributed by atoms with E-state index in [2.05, 4.69) is 21.2 Å². The summed E-state index contributed by atoms with van der Waals surface area (Å²) in [5.41, 5.74) is 7.35. The lowest BCUT2D eigenvalue weighted by Gasteiger charge is -2.19. The van der Waals surface area contributed by atoms with Crippen LogP contribution in [-0.4, -0.2) is 41.3 Å². The predicted octanol–water partition coefficient (Wildman–Crippen LogP) is -1.68. The zero-order chi connectivity index (χ0) is 20.3. The number of hydrogen-bond donors (Lipinski definition) is 4. The van der Waals surface area contributed by atoms with E-state index in [9.17, 15) is 18.0 Å². The van der Waals surface area contributed by atoms with Gasteiger partial charge in [0.15, 0.2) is 0 Å². The Morgan fingerprint density at radius 1 is 1.25 bits per heavy atom. The quantitative estimate of drug-likeness (QED) is 0.461. The summed E-state index contributed by atoms with van der Waals surface area (Å²) in [5, 5.41) is 1.85. The molecule has 1 aromatic carbocycles. The molecule has 2 aliphatic rings. The standard InChI is InChI=1S/C16H23N7O4S/c1-16(6-7-16)18-28(26,27)10-4-5-12-11(8-10)14(24)23(15(25)21(12)2)9-13-17-19-20-22(13)3/h4-5,8,13,17-20H,6-7,9H2,1-3H3. The van der Waals surface area contributed by atoms with Crippen LogP contribution in [0.4, 0.5) is 0 Å². The molecule has 1 saturated carbocycles. The Bertz CT molecular complexity index is 1170. The van der Waals surface area contributed by atoms with E-state index in [1.807, 2.05) is 6.92 Å². The molecular formula is C16H23N7O4S. The van der Waals surface area contributed by atoms with Gasteiger partial charge in [0.1, 0.15) is 6.17 Å². The Labute approximate surface area is 161 Å². The number of hydrogen-bond acceptors (Lipinski definition) is 8. The molecule has 0 amide bonds. The fraction of sp³-hybridized carbons (Fsp3) is 0.500. The summed E-state index contributed by atoms with van der Waals surface area (Å²) in [7, 11) is -0.448. The van der Waals surface area contributed by atoms with Gasteiger partial charge >= 0.3 is 5.69 Å². The average molecular weight is 409 g/mol. The van der Waals surface area contributed by atoms with Gasteiger partial charge in [-0.3, -0.25) is 13.9 Å². The highest BCUT2D eigenvalue weighted by Crippen LogP contribution is 2.36. The highest BCUT2D eigenvalue weighted by Gasteiger charge is 2.41. The average Bonchev–Trinajstić information content (AvgIpc) is 3.22. The van der Waals surface area contributed by atoms with Crippen LogP contribution in [0.1, 0.15) is 19.8 Å². The van der Waals surface area contributed by atoms with Crippen molar-refractivity contribution in [1.29, 1.82) is 0 Å². The summed E-state index contributed by atoms with van der Waals surface area (Å²) < 4.78 is 30.5. The number of nitrogens with zero attached hydrogens (tertiary/aromatic N) is 3. The van der Waals surface area contributed by atoms with Gasteiger partial charge in [-0.1, -0.05) is 0 Å². The summed E-state index contributed by atoms with van der Waals surface area (Å²) in [5.74, 6) is 0. The minimum atomic E-state index is -3.76. The SMILES string of the molecule is CN1NNNC1Cn1c(=O)c2cc(S(=O)(=O)NC3(C)CC3)ccc2n(C)c1=O. The first-order chi connectivity index (χ1) is 13.1. The van der Waals surface area contributed by atoms with Gasteiger partial charge in [0.25, 0.3) is 5.56 Å². The molecule has 12 heteroatoms. The number of nitrogens with one attached hydrogen (secondary N) is 4. The molecular weight excluding hydrogens is 386 g/mol. The van der Waals surface area contributed by atoms with Crippen LogP contribution >= 0.6 is 0 Å². The van der Waals surface area contributed by atoms with Crippen molar-refractivity contribution < 1.29 is 8.42 Å². The second kappa shape index (κ2) is 6.47. The van der Waals surface area contributed by atoms with Crippen molar-refractivity contribution >= 4 is 20.9 Å². The minimum absolute atomic E-state index is 0.00914. The van der Waals surface area contributed by atoms with Gasteiger partial charge in [0, 0.05) is 19.6 Å². The van der Waals surface area contributed by atoms with Gasteiger partial charge < -0.3 is 0 Å². The van der Waals surface area contributed by atoms with E-state index in [1.165, 1.54) is 22.8 Å².